The minimum Gasteiger partial charge on any atom is -0.351 e. The number of nitrogens with zero attached hydrogens (tertiary/aromatic N) is 3. The zero-order chi connectivity index (χ0) is 25.8. The third-order valence-electron chi connectivity index (χ3n) is 7.69. The van der Waals surface area contributed by atoms with Crippen molar-refractivity contribution in [3.63, 3.8) is 0 Å². The van der Waals surface area contributed by atoms with Crippen LogP contribution in [0.5, 0.6) is 0 Å². The van der Waals surface area contributed by atoms with Gasteiger partial charge in [-0.3, -0.25) is 9.78 Å². The summed E-state index contributed by atoms with van der Waals surface area (Å²) >= 11 is 13.7. The van der Waals surface area contributed by atoms with Gasteiger partial charge in [0, 0.05) is 64.4 Å². The first-order valence-corrected chi connectivity index (χ1v) is 14.6. The third-order valence-corrected chi connectivity index (χ3v) is 9.04. The molecule has 0 saturated carbocycles. The number of pyridine rings is 1. The summed E-state index contributed by atoms with van der Waals surface area (Å²) in [4.78, 5) is 33.0. The molecule has 1 atom stereocenters. The van der Waals surface area contributed by atoms with Crippen LogP contribution in [0.15, 0.2) is 39.4 Å². The molecule has 2 fully saturated rings. The lowest BCUT2D eigenvalue weighted by Gasteiger charge is -2.38. The van der Waals surface area contributed by atoms with Crippen molar-refractivity contribution in [3.8, 4) is 0 Å². The number of amides is 3. The van der Waals surface area contributed by atoms with Crippen LogP contribution in [-0.2, 0) is 11.2 Å². The van der Waals surface area contributed by atoms with Gasteiger partial charge in [-0.05, 0) is 95.3 Å². The van der Waals surface area contributed by atoms with Crippen LogP contribution in [0.1, 0.15) is 61.8 Å². The van der Waals surface area contributed by atoms with E-state index in [1.165, 1.54) is 11.1 Å². The number of carbonyl (C=O) groups is 2. The number of aromatic nitrogens is 1. The Morgan fingerprint density at radius 2 is 1.75 bits per heavy atom. The lowest BCUT2D eigenvalue weighted by molar-refractivity contribution is -0.134. The SMILES string of the molecule is CCc1cc(Cl)cc(Br)c1C(c1ccc(Br)cn1)C1CCN(C(=O)CC2CCN(C(N)=O)CC2)CC1. The highest BCUT2D eigenvalue weighted by Crippen LogP contribution is 2.43. The van der Waals surface area contributed by atoms with Gasteiger partial charge in [-0.1, -0.05) is 34.5 Å². The highest BCUT2D eigenvalue weighted by atomic mass is 79.9. The van der Waals surface area contributed by atoms with Crippen molar-refractivity contribution in [2.75, 3.05) is 26.2 Å². The van der Waals surface area contributed by atoms with Gasteiger partial charge in [0.25, 0.3) is 0 Å². The van der Waals surface area contributed by atoms with Crippen LogP contribution in [0.4, 0.5) is 4.79 Å². The Labute approximate surface area is 235 Å². The molecule has 0 spiro atoms. The van der Waals surface area contributed by atoms with Gasteiger partial charge >= 0.3 is 6.03 Å². The van der Waals surface area contributed by atoms with Crippen molar-refractivity contribution in [1.29, 1.82) is 0 Å². The second-order valence-corrected chi connectivity index (χ2v) is 12.1. The summed E-state index contributed by atoms with van der Waals surface area (Å²) in [5.74, 6) is 1.04. The van der Waals surface area contributed by atoms with E-state index in [2.05, 4.69) is 50.9 Å². The Morgan fingerprint density at radius 1 is 1.08 bits per heavy atom. The molecule has 2 N–H and O–H groups in total. The standard InChI is InChI=1S/C27H33Br2ClN4O2/c1-2-18-14-21(30)15-22(29)25(18)26(23-4-3-20(28)16-32-23)19-7-11-33(12-8-19)24(35)13-17-5-9-34(10-6-17)27(31)36/h3-4,14-17,19,26H,2,5-13H2,1H3,(H2,31,36). The van der Waals surface area contributed by atoms with Gasteiger partial charge in [0.15, 0.2) is 0 Å². The fourth-order valence-electron chi connectivity index (χ4n) is 5.69. The Kier molecular flexibility index (Phi) is 9.34. The number of nitrogens with two attached hydrogens (primary N) is 1. The molecule has 2 aliphatic heterocycles. The average Bonchev–Trinajstić information content (AvgIpc) is 2.87. The number of halogens is 3. The molecular formula is C27H33Br2ClN4O2. The summed E-state index contributed by atoms with van der Waals surface area (Å²) in [6.45, 7) is 4.95. The minimum absolute atomic E-state index is 0.120. The van der Waals surface area contributed by atoms with Crippen LogP contribution in [0.3, 0.4) is 0 Å². The molecule has 1 unspecified atom stereocenters. The van der Waals surface area contributed by atoms with E-state index >= 15 is 0 Å². The Morgan fingerprint density at radius 3 is 2.33 bits per heavy atom. The molecule has 2 aromatic rings. The normalized spacial score (nSPS) is 18.3. The molecule has 2 aliphatic rings. The molecule has 0 bridgehead atoms. The monoisotopic (exact) mass is 638 g/mol. The Bertz CT molecular complexity index is 1080. The van der Waals surface area contributed by atoms with E-state index < -0.39 is 0 Å². The van der Waals surface area contributed by atoms with Gasteiger partial charge in [0.1, 0.15) is 0 Å². The Hall–Kier alpha value is -1.64. The summed E-state index contributed by atoms with van der Waals surface area (Å²) in [6.07, 6.45) is 6.82. The molecule has 9 heteroatoms. The number of hydrogen-bond acceptors (Lipinski definition) is 3. The van der Waals surface area contributed by atoms with E-state index in [1.54, 1.807) is 4.90 Å². The fourth-order valence-corrected chi connectivity index (χ4v) is 7.05. The lowest BCUT2D eigenvalue weighted by atomic mass is 9.76. The summed E-state index contributed by atoms with van der Waals surface area (Å²) in [5, 5.41) is 0.729. The molecule has 3 amide bonds. The summed E-state index contributed by atoms with van der Waals surface area (Å²) in [5.41, 5.74) is 8.91. The van der Waals surface area contributed by atoms with Crippen LogP contribution in [0, 0.1) is 11.8 Å². The van der Waals surface area contributed by atoms with Crippen molar-refractivity contribution < 1.29 is 9.59 Å². The zero-order valence-electron chi connectivity index (χ0n) is 20.6. The molecule has 1 aromatic carbocycles. The first-order chi connectivity index (χ1) is 17.3. The first-order valence-electron chi connectivity index (χ1n) is 12.7. The summed E-state index contributed by atoms with van der Waals surface area (Å²) < 4.78 is 1.97. The second-order valence-electron chi connectivity index (χ2n) is 9.88. The molecule has 4 rings (SSSR count). The van der Waals surface area contributed by atoms with Gasteiger partial charge in [-0.15, -0.1) is 0 Å². The Balaban J connectivity index is 1.47. The molecule has 6 nitrogen and oxygen atoms in total. The minimum atomic E-state index is -0.366. The number of aryl methyl sites for hydroxylation is 1. The summed E-state index contributed by atoms with van der Waals surface area (Å²) in [7, 11) is 0. The number of benzene rings is 1. The van der Waals surface area contributed by atoms with Crippen LogP contribution in [0.25, 0.3) is 0 Å². The van der Waals surface area contributed by atoms with Gasteiger partial charge in [-0.2, -0.15) is 0 Å². The van der Waals surface area contributed by atoms with Crippen molar-refractivity contribution in [2.45, 2.75) is 51.4 Å². The van der Waals surface area contributed by atoms with E-state index in [-0.39, 0.29) is 17.9 Å². The maximum absolute atomic E-state index is 13.1. The number of likely N-dealkylation sites (tertiary alicyclic amines) is 2. The summed E-state index contributed by atoms with van der Waals surface area (Å²) in [6, 6.07) is 7.83. The van der Waals surface area contributed by atoms with E-state index in [0.717, 1.165) is 64.9 Å². The van der Waals surface area contributed by atoms with Crippen molar-refractivity contribution in [2.24, 2.45) is 17.6 Å². The lowest BCUT2D eigenvalue weighted by Crippen LogP contribution is -2.44. The third kappa shape index (κ3) is 6.43. The van der Waals surface area contributed by atoms with Crippen molar-refractivity contribution >= 4 is 55.4 Å². The average molecular weight is 641 g/mol. The first kappa shape index (κ1) is 27.4. The number of hydrogen-bond donors (Lipinski definition) is 1. The van der Waals surface area contributed by atoms with Crippen LogP contribution in [0.2, 0.25) is 5.02 Å². The van der Waals surface area contributed by atoms with Gasteiger partial charge in [0.05, 0.1) is 0 Å². The molecule has 3 heterocycles. The van der Waals surface area contributed by atoms with E-state index in [9.17, 15) is 9.59 Å². The smallest absolute Gasteiger partial charge is 0.314 e. The molecule has 0 radical (unpaired) electrons. The number of primary amides is 1. The highest BCUT2D eigenvalue weighted by molar-refractivity contribution is 9.10. The predicted molar refractivity (Wildman–Crippen MR) is 150 cm³/mol. The van der Waals surface area contributed by atoms with Gasteiger partial charge in [0.2, 0.25) is 5.91 Å². The van der Waals surface area contributed by atoms with Crippen LogP contribution < -0.4 is 5.73 Å². The van der Waals surface area contributed by atoms with Crippen LogP contribution in [-0.4, -0.2) is 52.9 Å². The molecule has 0 aliphatic carbocycles. The highest BCUT2D eigenvalue weighted by Gasteiger charge is 2.34. The number of carbonyl (C=O) groups excluding carboxylic acids is 2. The van der Waals surface area contributed by atoms with Crippen molar-refractivity contribution in [1.82, 2.24) is 14.8 Å². The molecule has 194 valence electrons. The number of piperidine rings is 2. The molecule has 1 aromatic heterocycles. The second kappa shape index (κ2) is 12.3. The van der Waals surface area contributed by atoms with E-state index in [4.69, 9.17) is 22.3 Å². The maximum Gasteiger partial charge on any atom is 0.314 e. The predicted octanol–water partition coefficient (Wildman–Crippen LogP) is 6.37. The fraction of sp³-hybridized carbons (Fsp3) is 0.519. The van der Waals surface area contributed by atoms with Crippen LogP contribution >= 0.6 is 43.5 Å². The largest absolute Gasteiger partial charge is 0.351 e. The zero-order valence-corrected chi connectivity index (χ0v) is 24.5. The number of rotatable bonds is 6. The van der Waals surface area contributed by atoms with E-state index in [1.807, 2.05) is 23.2 Å². The molecule has 36 heavy (non-hydrogen) atoms. The van der Waals surface area contributed by atoms with E-state index in [0.29, 0.717) is 31.3 Å². The number of urea groups is 1. The van der Waals surface area contributed by atoms with Gasteiger partial charge in [-0.25, -0.2) is 4.79 Å². The van der Waals surface area contributed by atoms with Gasteiger partial charge < -0.3 is 15.5 Å². The molecule has 2 saturated heterocycles. The maximum atomic E-state index is 13.1. The quantitative estimate of drug-likeness (QED) is 0.399. The molecular weight excluding hydrogens is 608 g/mol. The van der Waals surface area contributed by atoms with Crippen molar-refractivity contribution in [3.05, 3.63) is 61.3 Å². The topological polar surface area (TPSA) is 79.5 Å².